The molecule has 0 unspecified atom stereocenters. The number of benzene rings is 1. The predicted molar refractivity (Wildman–Crippen MR) is 109 cm³/mol. The first-order valence-corrected chi connectivity index (χ1v) is 11.3. The Balaban J connectivity index is 1.13. The summed E-state index contributed by atoms with van der Waals surface area (Å²) in [6, 6.07) is 6.51. The third-order valence-electron chi connectivity index (χ3n) is 7.68. The molecule has 4 nitrogen and oxygen atoms in total. The maximum Gasteiger partial charge on any atom is 0.225 e. The van der Waals surface area contributed by atoms with Crippen LogP contribution in [0, 0.1) is 11.7 Å². The van der Waals surface area contributed by atoms with Gasteiger partial charge in [-0.2, -0.15) is 0 Å². The van der Waals surface area contributed by atoms with E-state index in [0.29, 0.717) is 11.9 Å². The van der Waals surface area contributed by atoms with Crippen LogP contribution in [-0.2, 0) is 11.2 Å². The third-order valence-corrected chi connectivity index (χ3v) is 7.68. The van der Waals surface area contributed by atoms with Crippen LogP contribution in [0.5, 0.6) is 0 Å². The molecule has 2 saturated carbocycles. The van der Waals surface area contributed by atoms with Crippen molar-refractivity contribution in [3.63, 3.8) is 0 Å². The second kappa shape index (κ2) is 7.66. The number of anilines is 1. The number of hydrogen-bond acceptors (Lipinski definition) is 3. The molecule has 28 heavy (non-hydrogen) atoms. The van der Waals surface area contributed by atoms with Gasteiger partial charge in [-0.1, -0.05) is 6.42 Å². The van der Waals surface area contributed by atoms with Crippen molar-refractivity contribution in [2.24, 2.45) is 5.92 Å². The van der Waals surface area contributed by atoms with E-state index in [-0.39, 0.29) is 11.7 Å². The van der Waals surface area contributed by atoms with Crippen LogP contribution in [0.25, 0.3) is 0 Å². The van der Waals surface area contributed by atoms with Crippen molar-refractivity contribution in [1.29, 1.82) is 0 Å². The quantitative estimate of drug-likeness (QED) is 0.797. The number of piperazine rings is 1. The first kappa shape index (κ1) is 18.4. The molecule has 4 aliphatic rings. The van der Waals surface area contributed by atoms with E-state index in [1.54, 1.807) is 12.1 Å². The Labute approximate surface area is 167 Å². The molecule has 1 saturated heterocycles. The first-order valence-electron chi connectivity index (χ1n) is 11.3. The van der Waals surface area contributed by atoms with Gasteiger partial charge in [-0.05, 0) is 68.7 Å². The number of fused-ring (bicyclic) bond motifs is 1. The maximum atomic E-state index is 13.5. The molecule has 0 N–H and O–H groups in total. The first-order chi connectivity index (χ1) is 13.7. The standard InChI is InChI=1S/C23H32FN3O/c24-19-6-9-22-18(16-19)10-11-27(22)21-7-4-17(5-8-21)23(28)26-14-12-25(13-15-26)20-2-1-3-20/h6,9,16-17,20-21H,1-5,7-8,10-15H2/t17-,21+. The molecule has 3 fully saturated rings. The molecule has 2 aliphatic carbocycles. The van der Waals surface area contributed by atoms with Gasteiger partial charge in [0.2, 0.25) is 5.91 Å². The van der Waals surface area contributed by atoms with E-state index < -0.39 is 0 Å². The topological polar surface area (TPSA) is 26.8 Å². The number of carbonyl (C=O) groups excluding carboxylic acids is 1. The molecule has 5 rings (SSSR count). The Morgan fingerprint density at radius 2 is 1.64 bits per heavy atom. The van der Waals surface area contributed by atoms with Gasteiger partial charge in [0.25, 0.3) is 0 Å². The van der Waals surface area contributed by atoms with E-state index in [9.17, 15) is 9.18 Å². The minimum absolute atomic E-state index is 0.132. The van der Waals surface area contributed by atoms with E-state index in [2.05, 4.69) is 14.7 Å². The zero-order valence-corrected chi connectivity index (χ0v) is 16.8. The van der Waals surface area contributed by atoms with E-state index >= 15 is 0 Å². The summed E-state index contributed by atoms with van der Waals surface area (Å²) in [5, 5.41) is 0. The SMILES string of the molecule is O=C([C@H]1CC[C@@H](N2CCc3cc(F)ccc32)CC1)N1CCN(C2CCC2)CC1. The summed E-state index contributed by atoms with van der Waals surface area (Å²) in [5.74, 6) is 0.477. The highest BCUT2D eigenvalue weighted by Crippen LogP contribution is 2.37. The molecule has 0 atom stereocenters. The summed E-state index contributed by atoms with van der Waals surface area (Å²) in [4.78, 5) is 20.2. The lowest BCUT2D eigenvalue weighted by Crippen LogP contribution is -2.54. The van der Waals surface area contributed by atoms with Crippen LogP contribution >= 0.6 is 0 Å². The van der Waals surface area contributed by atoms with Crippen LogP contribution in [0.3, 0.4) is 0 Å². The Morgan fingerprint density at radius 1 is 0.893 bits per heavy atom. The fourth-order valence-corrected chi connectivity index (χ4v) is 5.73. The van der Waals surface area contributed by atoms with E-state index in [0.717, 1.165) is 76.4 Å². The Morgan fingerprint density at radius 3 is 2.32 bits per heavy atom. The lowest BCUT2D eigenvalue weighted by atomic mass is 9.84. The van der Waals surface area contributed by atoms with Crippen molar-refractivity contribution in [3.05, 3.63) is 29.6 Å². The van der Waals surface area contributed by atoms with Gasteiger partial charge in [0.05, 0.1) is 0 Å². The Kier molecular flexibility index (Phi) is 5.04. The molecule has 0 spiro atoms. The predicted octanol–water partition coefficient (Wildman–Crippen LogP) is 3.44. The normalized spacial score (nSPS) is 28.9. The van der Waals surface area contributed by atoms with Crippen molar-refractivity contribution >= 4 is 11.6 Å². The summed E-state index contributed by atoms with van der Waals surface area (Å²) in [5.41, 5.74) is 2.35. The Bertz CT molecular complexity index is 719. The summed E-state index contributed by atoms with van der Waals surface area (Å²) < 4.78 is 13.5. The third kappa shape index (κ3) is 3.42. The molecule has 0 bridgehead atoms. The van der Waals surface area contributed by atoms with Crippen LogP contribution in [0.2, 0.25) is 0 Å². The average Bonchev–Trinajstić information content (AvgIpc) is 3.10. The number of nitrogens with zero attached hydrogens (tertiary/aromatic N) is 3. The molecule has 0 radical (unpaired) electrons. The van der Waals surface area contributed by atoms with Crippen molar-refractivity contribution in [1.82, 2.24) is 9.80 Å². The van der Waals surface area contributed by atoms with Crippen molar-refractivity contribution < 1.29 is 9.18 Å². The summed E-state index contributed by atoms with van der Waals surface area (Å²) in [7, 11) is 0. The van der Waals surface area contributed by atoms with Gasteiger partial charge in [-0.25, -0.2) is 4.39 Å². The summed E-state index contributed by atoms with van der Waals surface area (Å²) in [6.45, 7) is 4.95. The number of amides is 1. The highest BCUT2D eigenvalue weighted by Gasteiger charge is 2.35. The lowest BCUT2D eigenvalue weighted by molar-refractivity contribution is -0.139. The zero-order chi connectivity index (χ0) is 19.1. The van der Waals surface area contributed by atoms with Crippen LogP contribution < -0.4 is 4.90 Å². The summed E-state index contributed by atoms with van der Waals surface area (Å²) >= 11 is 0. The molecular formula is C23H32FN3O. The van der Waals surface area contributed by atoms with Crippen LogP contribution in [0.1, 0.15) is 50.5 Å². The highest BCUT2D eigenvalue weighted by atomic mass is 19.1. The van der Waals surface area contributed by atoms with E-state index in [1.807, 2.05) is 6.07 Å². The van der Waals surface area contributed by atoms with Crippen molar-refractivity contribution in [3.8, 4) is 0 Å². The van der Waals surface area contributed by atoms with Gasteiger partial charge in [0.1, 0.15) is 5.82 Å². The van der Waals surface area contributed by atoms with Crippen LogP contribution in [-0.4, -0.2) is 60.5 Å². The summed E-state index contributed by atoms with van der Waals surface area (Å²) in [6.07, 6.45) is 9.18. The second-order valence-corrected chi connectivity index (χ2v) is 9.17. The van der Waals surface area contributed by atoms with Crippen LogP contribution in [0.15, 0.2) is 18.2 Å². The molecule has 1 aromatic carbocycles. The molecule has 1 amide bonds. The zero-order valence-electron chi connectivity index (χ0n) is 16.8. The highest BCUT2D eigenvalue weighted by molar-refractivity contribution is 5.79. The minimum Gasteiger partial charge on any atom is -0.368 e. The number of rotatable bonds is 3. The fourth-order valence-electron chi connectivity index (χ4n) is 5.73. The average molecular weight is 386 g/mol. The van der Waals surface area contributed by atoms with Crippen LogP contribution in [0.4, 0.5) is 10.1 Å². The molecule has 2 aliphatic heterocycles. The maximum absolute atomic E-state index is 13.5. The van der Waals surface area contributed by atoms with Crippen molar-refractivity contribution in [2.75, 3.05) is 37.6 Å². The monoisotopic (exact) mass is 385 g/mol. The molecule has 0 aromatic heterocycles. The molecule has 152 valence electrons. The smallest absolute Gasteiger partial charge is 0.225 e. The number of halogens is 1. The second-order valence-electron chi connectivity index (χ2n) is 9.17. The van der Waals surface area contributed by atoms with Gasteiger partial charge >= 0.3 is 0 Å². The molecule has 1 aromatic rings. The van der Waals surface area contributed by atoms with Crippen molar-refractivity contribution in [2.45, 2.75) is 63.5 Å². The van der Waals surface area contributed by atoms with Gasteiger partial charge in [-0.3, -0.25) is 9.69 Å². The fraction of sp³-hybridized carbons (Fsp3) is 0.696. The lowest BCUT2D eigenvalue weighted by Gasteiger charge is -2.44. The van der Waals surface area contributed by atoms with E-state index in [4.69, 9.17) is 0 Å². The molecule has 5 heteroatoms. The molecule has 2 heterocycles. The van der Waals surface area contributed by atoms with Gasteiger partial charge < -0.3 is 9.80 Å². The number of hydrogen-bond donors (Lipinski definition) is 0. The van der Waals surface area contributed by atoms with E-state index in [1.165, 1.54) is 24.9 Å². The number of carbonyl (C=O) groups is 1. The molecular weight excluding hydrogens is 353 g/mol. The Hall–Kier alpha value is -1.62. The largest absolute Gasteiger partial charge is 0.368 e. The van der Waals surface area contributed by atoms with Gasteiger partial charge in [-0.15, -0.1) is 0 Å². The minimum atomic E-state index is -0.132. The van der Waals surface area contributed by atoms with Gasteiger partial charge in [0.15, 0.2) is 0 Å². The van der Waals surface area contributed by atoms with Gasteiger partial charge in [0, 0.05) is 56.4 Å².